The predicted octanol–water partition coefficient (Wildman–Crippen LogP) is 4.09. The Labute approximate surface area is 193 Å². The number of alkyl carbamates (subject to hydrolysis) is 1. The molecule has 0 aliphatic heterocycles. The number of carboxylic acids is 1. The molecule has 0 radical (unpaired) electrons. The molecule has 1 aliphatic rings. The minimum atomic E-state index is -1.16. The van der Waals surface area contributed by atoms with E-state index in [0.29, 0.717) is 6.42 Å². The average molecular weight is 451 g/mol. The van der Waals surface area contributed by atoms with Gasteiger partial charge in [-0.2, -0.15) is 0 Å². The summed E-state index contributed by atoms with van der Waals surface area (Å²) in [7, 11) is 0. The number of carbonyl (C=O) groups excluding carboxylic acids is 2. The quantitative estimate of drug-likeness (QED) is 0.473. The molecule has 2 aromatic rings. The Balaban J connectivity index is 1.68. The lowest BCUT2D eigenvalue weighted by atomic mass is 9.97. The van der Waals surface area contributed by atoms with E-state index < -0.39 is 30.1 Å². The number of hydrogen-bond donors (Lipinski definition) is 3. The molecular formula is C26H30N2O5. The van der Waals surface area contributed by atoms with Crippen molar-refractivity contribution in [2.24, 2.45) is 5.92 Å². The molecule has 1 aliphatic carbocycles. The Morgan fingerprint density at radius 3 is 2.15 bits per heavy atom. The third-order valence-corrected chi connectivity index (χ3v) is 6.13. The highest BCUT2D eigenvalue weighted by atomic mass is 16.5. The van der Waals surface area contributed by atoms with Crippen LogP contribution in [0.3, 0.4) is 0 Å². The highest BCUT2D eigenvalue weighted by molar-refractivity contribution is 5.89. The van der Waals surface area contributed by atoms with Gasteiger partial charge in [0, 0.05) is 5.92 Å². The Kier molecular flexibility index (Phi) is 7.87. The molecule has 0 aromatic heterocycles. The summed E-state index contributed by atoms with van der Waals surface area (Å²) >= 11 is 0. The monoisotopic (exact) mass is 450 g/mol. The largest absolute Gasteiger partial charge is 0.480 e. The maximum Gasteiger partial charge on any atom is 0.407 e. The van der Waals surface area contributed by atoms with Crippen LogP contribution in [0.15, 0.2) is 61.2 Å². The van der Waals surface area contributed by atoms with Crippen molar-refractivity contribution in [1.82, 2.24) is 10.6 Å². The fourth-order valence-corrected chi connectivity index (χ4v) is 4.12. The number of carboxylic acid groups (broad SMARTS) is 1. The van der Waals surface area contributed by atoms with Gasteiger partial charge >= 0.3 is 12.1 Å². The van der Waals surface area contributed by atoms with Crippen molar-refractivity contribution in [3.63, 3.8) is 0 Å². The predicted molar refractivity (Wildman–Crippen MR) is 126 cm³/mol. The first-order chi connectivity index (χ1) is 15.9. The summed E-state index contributed by atoms with van der Waals surface area (Å²) in [5.74, 6) is -2.04. The second kappa shape index (κ2) is 10.8. The number of fused-ring (bicyclic) bond motifs is 3. The Morgan fingerprint density at radius 2 is 1.64 bits per heavy atom. The Hall–Kier alpha value is -3.61. The van der Waals surface area contributed by atoms with Crippen molar-refractivity contribution in [2.45, 2.75) is 44.7 Å². The van der Waals surface area contributed by atoms with Crippen LogP contribution in [-0.2, 0) is 14.3 Å². The summed E-state index contributed by atoms with van der Waals surface area (Å²) in [4.78, 5) is 36.8. The lowest BCUT2D eigenvalue weighted by molar-refractivity contribution is -0.142. The summed E-state index contributed by atoms with van der Waals surface area (Å²) in [5.41, 5.74) is 4.44. The number of ether oxygens (including phenoxy) is 1. The molecule has 3 atom stereocenters. The number of aliphatic carboxylic acids is 1. The molecule has 174 valence electrons. The van der Waals surface area contributed by atoms with Crippen LogP contribution in [0.4, 0.5) is 4.79 Å². The fraction of sp³-hybridized carbons (Fsp3) is 0.346. The van der Waals surface area contributed by atoms with E-state index in [1.165, 1.54) is 6.08 Å². The van der Waals surface area contributed by atoms with Gasteiger partial charge < -0.3 is 20.5 Å². The zero-order valence-corrected chi connectivity index (χ0v) is 18.9. The molecule has 33 heavy (non-hydrogen) atoms. The third kappa shape index (κ3) is 5.42. The number of nitrogens with one attached hydrogen (secondary N) is 2. The topological polar surface area (TPSA) is 105 Å². The van der Waals surface area contributed by atoms with Crippen molar-refractivity contribution in [3.05, 3.63) is 72.3 Å². The number of amides is 2. The van der Waals surface area contributed by atoms with Gasteiger partial charge in [-0.05, 0) is 34.6 Å². The molecular weight excluding hydrogens is 420 g/mol. The van der Waals surface area contributed by atoms with Gasteiger partial charge in [0.2, 0.25) is 5.91 Å². The van der Waals surface area contributed by atoms with E-state index in [0.717, 1.165) is 22.3 Å². The second-order valence-corrected chi connectivity index (χ2v) is 8.26. The maximum atomic E-state index is 12.8. The second-order valence-electron chi connectivity index (χ2n) is 8.26. The van der Waals surface area contributed by atoms with Crippen LogP contribution in [0, 0.1) is 5.92 Å². The van der Waals surface area contributed by atoms with Crippen LogP contribution in [0.25, 0.3) is 11.1 Å². The highest BCUT2D eigenvalue weighted by Crippen LogP contribution is 2.44. The van der Waals surface area contributed by atoms with Gasteiger partial charge in [-0.3, -0.25) is 4.79 Å². The molecule has 0 saturated carbocycles. The zero-order valence-electron chi connectivity index (χ0n) is 18.9. The van der Waals surface area contributed by atoms with E-state index in [2.05, 4.69) is 29.3 Å². The summed E-state index contributed by atoms with van der Waals surface area (Å²) in [6.07, 6.45) is 1.41. The summed E-state index contributed by atoms with van der Waals surface area (Å²) in [6, 6.07) is 14.0. The molecule has 0 bridgehead atoms. The Morgan fingerprint density at radius 1 is 1.06 bits per heavy atom. The van der Waals surface area contributed by atoms with E-state index >= 15 is 0 Å². The van der Waals surface area contributed by atoms with Gasteiger partial charge in [0.05, 0.1) is 0 Å². The van der Waals surface area contributed by atoms with Gasteiger partial charge in [0.1, 0.15) is 18.7 Å². The lowest BCUT2D eigenvalue weighted by Gasteiger charge is -2.25. The lowest BCUT2D eigenvalue weighted by Crippen LogP contribution is -2.54. The molecule has 1 unspecified atom stereocenters. The van der Waals surface area contributed by atoms with Gasteiger partial charge in [0.25, 0.3) is 0 Å². The maximum absolute atomic E-state index is 12.8. The van der Waals surface area contributed by atoms with Crippen molar-refractivity contribution in [3.8, 4) is 11.1 Å². The van der Waals surface area contributed by atoms with Crippen molar-refractivity contribution in [1.29, 1.82) is 0 Å². The van der Waals surface area contributed by atoms with Gasteiger partial charge in [-0.15, -0.1) is 6.58 Å². The zero-order chi connectivity index (χ0) is 24.0. The van der Waals surface area contributed by atoms with E-state index in [4.69, 9.17) is 4.74 Å². The van der Waals surface area contributed by atoms with Crippen LogP contribution in [0.2, 0.25) is 0 Å². The first-order valence-corrected chi connectivity index (χ1v) is 11.1. The molecule has 0 fully saturated rings. The average Bonchev–Trinajstić information content (AvgIpc) is 3.14. The first kappa shape index (κ1) is 24.0. The summed E-state index contributed by atoms with van der Waals surface area (Å²) in [5, 5.41) is 14.4. The highest BCUT2D eigenvalue weighted by Gasteiger charge is 2.32. The minimum Gasteiger partial charge on any atom is -0.480 e. The van der Waals surface area contributed by atoms with E-state index in [1.807, 2.05) is 50.2 Å². The smallest absolute Gasteiger partial charge is 0.407 e. The van der Waals surface area contributed by atoms with Crippen LogP contribution < -0.4 is 10.6 Å². The molecule has 0 spiro atoms. The van der Waals surface area contributed by atoms with Crippen LogP contribution in [-0.4, -0.2) is 41.8 Å². The summed E-state index contributed by atoms with van der Waals surface area (Å²) in [6.45, 7) is 7.36. The third-order valence-electron chi connectivity index (χ3n) is 6.13. The van der Waals surface area contributed by atoms with Gasteiger partial charge in [0.15, 0.2) is 0 Å². The Bertz CT molecular complexity index is 989. The molecule has 3 N–H and O–H groups in total. The minimum absolute atomic E-state index is 0.0826. The van der Waals surface area contributed by atoms with E-state index in [-0.39, 0.29) is 24.9 Å². The van der Waals surface area contributed by atoms with Gasteiger partial charge in [-0.25, -0.2) is 9.59 Å². The molecule has 7 nitrogen and oxygen atoms in total. The number of rotatable bonds is 10. The molecule has 2 aromatic carbocycles. The fourth-order valence-electron chi connectivity index (χ4n) is 4.12. The van der Waals surface area contributed by atoms with Crippen molar-refractivity contribution < 1.29 is 24.2 Å². The van der Waals surface area contributed by atoms with E-state index in [1.54, 1.807) is 0 Å². The van der Waals surface area contributed by atoms with Crippen LogP contribution in [0.5, 0.6) is 0 Å². The van der Waals surface area contributed by atoms with Gasteiger partial charge in [-0.1, -0.05) is 74.9 Å². The molecule has 0 heterocycles. The normalized spacial score (nSPS) is 14.8. The van der Waals surface area contributed by atoms with E-state index in [9.17, 15) is 19.5 Å². The molecule has 2 amide bonds. The standard InChI is InChI=1S/C26H30N2O5/c1-4-10-22(25(30)31)27-24(29)23(16(3)5-2)28-26(32)33-15-21-19-13-8-6-11-17(19)18-12-7-9-14-20(18)21/h4,6-9,11-14,16,21-23H,1,5,10,15H2,2-3H3,(H,27,29)(H,28,32)(H,30,31)/t16-,22?,23-/m0/s1. The SMILES string of the molecule is C=CCC(NC(=O)[C@@H](NC(=O)OCC1c2ccccc2-c2ccccc21)[C@@H](C)CC)C(=O)O. The molecule has 7 heteroatoms. The summed E-state index contributed by atoms with van der Waals surface area (Å²) < 4.78 is 5.55. The number of benzene rings is 2. The van der Waals surface area contributed by atoms with Crippen LogP contribution in [0.1, 0.15) is 43.7 Å². The van der Waals surface area contributed by atoms with Crippen LogP contribution >= 0.6 is 0 Å². The molecule has 3 rings (SSSR count). The van der Waals surface area contributed by atoms with Crippen molar-refractivity contribution >= 4 is 18.0 Å². The number of hydrogen-bond acceptors (Lipinski definition) is 4. The number of carbonyl (C=O) groups is 3. The molecule has 0 saturated heterocycles. The van der Waals surface area contributed by atoms with Crippen molar-refractivity contribution in [2.75, 3.05) is 6.61 Å². The first-order valence-electron chi connectivity index (χ1n) is 11.1.